The lowest BCUT2D eigenvalue weighted by atomic mass is 10.1. The minimum atomic E-state index is -0.433. The van der Waals surface area contributed by atoms with Gasteiger partial charge in [0.1, 0.15) is 11.6 Å². The van der Waals surface area contributed by atoms with Gasteiger partial charge in [-0.15, -0.1) is 11.3 Å². The van der Waals surface area contributed by atoms with Gasteiger partial charge in [-0.1, -0.05) is 6.92 Å². The molecule has 7 nitrogen and oxygen atoms in total. The molecule has 0 saturated carbocycles. The molecule has 2 atom stereocenters. The molecule has 8 heteroatoms. The van der Waals surface area contributed by atoms with Gasteiger partial charge in [-0.25, -0.2) is 4.98 Å². The third kappa shape index (κ3) is 5.82. The number of rotatable bonds is 7. The number of carbonyl (C=O) groups is 1. The molecule has 0 radical (unpaired) electrons. The summed E-state index contributed by atoms with van der Waals surface area (Å²) in [5.74, 6) is -0.433. The Hall–Kier alpha value is -2.47. The Bertz CT molecular complexity index is 990. The van der Waals surface area contributed by atoms with Crippen LogP contribution in [0.1, 0.15) is 49.8 Å². The zero-order valence-corrected chi connectivity index (χ0v) is 19.8. The number of aromatic nitrogens is 2. The van der Waals surface area contributed by atoms with Crippen LogP contribution in [0.3, 0.4) is 0 Å². The van der Waals surface area contributed by atoms with Crippen molar-refractivity contribution in [2.24, 2.45) is 0 Å². The average Bonchev–Trinajstić information content (AvgIpc) is 3.24. The largest absolute Gasteiger partial charge is 0.373 e. The van der Waals surface area contributed by atoms with Crippen LogP contribution in [0.2, 0.25) is 0 Å². The van der Waals surface area contributed by atoms with Crippen molar-refractivity contribution in [2.45, 2.75) is 66.3 Å². The van der Waals surface area contributed by atoms with E-state index in [0.29, 0.717) is 5.13 Å². The summed E-state index contributed by atoms with van der Waals surface area (Å²) in [6, 6.07) is 4.05. The lowest BCUT2D eigenvalue weighted by molar-refractivity contribution is -0.112. The second-order valence-corrected chi connectivity index (χ2v) is 9.06. The summed E-state index contributed by atoms with van der Waals surface area (Å²) in [4.78, 5) is 19.5. The Morgan fingerprint density at radius 1 is 1.39 bits per heavy atom. The number of hydrogen-bond acceptors (Lipinski definition) is 6. The number of nitrogens with one attached hydrogen (secondary N) is 1. The highest BCUT2D eigenvalue weighted by Gasteiger charge is 2.23. The van der Waals surface area contributed by atoms with E-state index < -0.39 is 5.91 Å². The maximum absolute atomic E-state index is 12.7. The summed E-state index contributed by atoms with van der Waals surface area (Å²) in [5.41, 5.74) is 4.06. The van der Waals surface area contributed by atoms with Crippen LogP contribution in [-0.4, -0.2) is 45.7 Å². The van der Waals surface area contributed by atoms with Crippen molar-refractivity contribution in [1.82, 2.24) is 14.5 Å². The van der Waals surface area contributed by atoms with Crippen molar-refractivity contribution in [3.05, 3.63) is 39.7 Å². The Morgan fingerprint density at radius 3 is 2.74 bits per heavy atom. The maximum Gasteiger partial charge on any atom is 0.268 e. The molecule has 166 valence electrons. The number of morpholine rings is 1. The van der Waals surface area contributed by atoms with Crippen LogP contribution in [0, 0.1) is 25.2 Å². The summed E-state index contributed by atoms with van der Waals surface area (Å²) in [7, 11) is 0. The molecule has 1 saturated heterocycles. The number of carbonyl (C=O) groups excluding carboxylic acids is 1. The highest BCUT2D eigenvalue weighted by molar-refractivity contribution is 7.14. The van der Waals surface area contributed by atoms with Gasteiger partial charge in [0.25, 0.3) is 5.91 Å². The Kier molecular flexibility index (Phi) is 7.65. The quantitative estimate of drug-likeness (QED) is 0.516. The number of nitrogens with zero attached hydrogens (tertiary/aromatic N) is 4. The molecule has 2 aromatic heterocycles. The summed E-state index contributed by atoms with van der Waals surface area (Å²) in [5, 5.41) is 14.8. The first kappa shape index (κ1) is 23.2. The van der Waals surface area contributed by atoms with Gasteiger partial charge in [-0.3, -0.25) is 15.0 Å². The summed E-state index contributed by atoms with van der Waals surface area (Å²) in [6.07, 6.45) is 3.09. The second-order valence-electron chi connectivity index (χ2n) is 8.20. The normalized spacial score (nSPS) is 19.9. The van der Waals surface area contributed by atoms with Crippen LogP contribution >= 0.6 is 11.3 Å². The van der Waals surface area contributed by atoms with E-state index >= 15 is 0 Å². The molecule has 0 bridgehead atoms. The van der Waals surface area contributed by atoms with Crippen LogP contribution in [-0.2, 0) is 22.6 Å². The molecule has 3 heterocycles. The van der Waals surface area contributed by atoms with Gasteiger partial charge >= 0.3 is 0 Å². The van der Waals surface area contributed by atoms with E-state index in [0.717, 1.165) is 55.2 Å². The second kappa shape index (κ2) is 10.2. The minimum absolute atomic E-state index is 0.0735. The summed E-state index contributed by atoms with van der Waals surface area (Å²) < 4.78 is 7.98. The van der Waals surface area contributed by atoms with Crippen molar-refractivity contribution in [1.29, 1.82) is 5.26 Å². The molecule has 0 aromatic carbocycles. The molecule has 0 spiro atoms. The molecule has 0 aliphatic carbocycles. The van der Waals surface area contributed by atoms with Gasteiger partial charge in [0.15, 0.2) is 5.13 Å². The van der Waals surface area contributed by atoms with Gasteiger partial charge in [0, 0.05) is 42.9 Å². The fourth-order valence-electron chi connectivity index (χ4n) is 4.09. The van der Waals surface area contributed by atoms with Gasteiger partial charge in [-0.05, 0) is 51.8 Å². The highest BCUT2D eigenvalue weighted by atomic mass is 32.1. The molecule has 2 unspecified atom stereocenters. The minimum Gasteiger partial charge on any atom is -0.373 e. The van der Waals surface area contributed by atoms with E-state index in [1.165, 1.54) is 11.3 Å². The molecule has 1 aliphatic rings. The number of aryl methyl sites for hydroxylation is 1. The van der Waals surface area contributed by atoms with Crippen LogP contribution < -0.4 is 5.32 Å². The van der Waals surface area contributed by atoms with Crippen molar-refractivity contribution in [3.63, 3.8) is 0 Å². The van der Waals surface area contributed by atoms with Gasteiger partial charge in [0.05, 0.1) is 17.9 Å². The zero-order valence-electron chi connectivity index (χ0n) is 18.9. The lowest BCUT2D eigenvalue weighted by Gasteiger charge is -2.34. The molecule has 1 aliphatic heterocycles. The van der Waals surface area contributed by atoms with Crippen molar-refractivity contribution in [3.8, 4) is 6.07 Å². The monoisotopic (exact) mass is 441 g/mol. The van der Waals surface area contributed by atoms with Crippen molar-refractivity contribution >= 4 is 28.5 Å². The smallest absolute Gasteiger partial charge is 0.268 e. The van der Waals surface area contributed by atoms with Crippen LogP contribution in [0.15, 0.2) is 17.0 Å². The van der Waals surface area contributed by atoms with Gasteiger partial charge in [0.2, 0.25) is 0 Å². The average molecular weight is 442 g/mol. The predicted molar refractivity (Wildman–Crippen MR) is 124 cm³/mol. The van der Waals surface area contributed by atoms with E-state index in [1.54, 1.807) is 6.08 Å². The van der Waals surface area contributed by atoms with E-state index in [1.807, 2.05) is 31.4 Å². The third-order valence-electron chi connectivity index (χ3n) is 5.38. The number of ether oxygens (including phenoxy) is 1. The highest BCUT2D eigenvalue weighted by Crippen LogP contribution is 2.22. The Labute approximate surface area is 188 Å². The number of anilines is 1. The van der Waals surface area contributed by atoms with E-state index in [2.05, 4.69) is 40.5 Å². The molecular weight excluding hydrogens is 410 g/mol. The maximum atomic E-state index is 12.7. The lowest BCUT2D eigenvalue weighted by Crippen LogP contribution is -2.44. The molecule has 1 N–H and O–H groups in total. The summed E-state index contributed by atoms with van der Waals surface area (Å²) >= 11 is 1.38. The summed E-state index contributed by atoms with van der Waals surface area (Å²) in [6.45, 7) is 13.7. The standard InChI is InChI=1S/C23H31N5O2S/c1-6-7-28-15(2)8-19(18(28)5)9-20(10-24)22(29)26-23-25-21(14-31-23)13-27-11-16(3)30-17(4)12-27/h8-9,14,16-17H,6-7,11-13H2,1-5H3,(H,25,26,29)/b20-9+. The van der Waals surface area contributed by atoms with Crippen LogP contribution in [0.5, 0.6) is 0 Å². The number of thiazole rings is 1. The predicted octanol–water partition coefficient (Wildman–Crippen LogP) is 4.13. The fourth-order valence-corrected chi connectivity index (χ4v) is 4.79. The van der Waals surface area contributed by atoms with Gasteiger partial charge in [-0.2, -0.15) is 5.26 Å². The Morgan fingerprint density at radius 2 is 2.10 bits per heavy atom. The molecule has 2 aromatic rings. The SMILES string of the molecule is CCCn1c(C)cc(/C=C(\C#N)C(=O)Nc2nc(CN3CC(C)OC(C)C3)cs2)c1C. The first-order valence-electron chi connectivity index (χ1n) is 10.7. The number of amides is 1. The fraction of sp³-hybridized carbons (Fsp3) is 0.522. The molecular formula is C23H31N5O2S. The van der Waals surface area contributed by atoms with E-state index in [4.69, 9.17) is 4.74 Å². The molecule has 3 rings (SSSR count). The van der Waals surface area contributed by atoms with Crippen LogP contribution in [0.4, 0.5) is 5.13 Å². The first-order valence-corrected chi connectivity index (χ1v) is 11.6. The van der Waals surface area contributed by atoms with Crippen molar-refractivity contribution < 1.29 is 9.53 Å². The first-order chi connectivity index (χ1) is 14.8. The Balaban J connectivity index is 1.67. The van der Waals surface area contributed by atoms with E-state index in [9.17, 15) is 10.1 Å². The molecule has 31 heavy (non-hydrogen) atoms. The topological polar surface area (TPSA) is 83.2 Å². The molecule has 1 fully saturated rings. The third-order valence-corrected chi connectivity index (χ3v) is 6.18. The zero-order chi connectivity index (χ0) is 22.5. The van der Waals surface area contributed by atoms with Crippen LogP contribution in [0.25, 0.3) is 6.08 Å². The number of hydrogen-bond donors (Lipinski definition) is 1. The van der Waals surface area contributed by atoms with Gasteiger partial charge < -0.3 is 9.30 Å². The van der Waals surface area contributed by atoms with E-state index in [-0.39, 0.29) is 17.8 Å². The number of nitriles is 1. The molecule has 1 amide bonds. The van der Waals surface area contributed by atoms with Crippen molar-refractivity contribution in [2.75, 3.05) is 18.4 Å².